The zero-order valence-corrected chi connectivity index (χ0v) is 10.5. The molecular formula is C13H20N2O2. The lowest BCUT2D eigenvalue weighted by atomic mass is 10.2. The Bertz CT molecular complexity index is 362. The first-order valence-electron chi connectivity index (χ1n) is 6.15. The molecular weight excluding hydrogens is 216 g/mol. The Labute approximate surface area is 102 Å². The van der Waals surface area contributed by atoms with Crippen molar-refractivity contribution in [2.24, 2.45) is 0 Å². The Morgan fingerprint density at radius 1 is 1.59 bits per heavy atom. The number of ether oxygens (including phenoxy) is 2. The first-order chi connectivity index (χ1) is 8.29. The summed E-state index contributed by atoms with van der Waals surface area (Å²) >= 11 is 0. The topological polar surface area (TPSA) is 43.4 Å². The minimum Gasteiger partial charge on any atom is -0.493 e. The maximum Gasteiger partial charge on any atom is 0.160 e. The van der Waals surface area contributed by atoms with Crippen molar-refractivity contribution in [1.82, 2.24) is 4.98 Å². The first kappa shape index (κ1) is 12.2. The number of pyridine rings is 1. The van der Waals surface area contributed by atoms with Crippen molar-refractivity contribution in [3.05, 3.63) is 18.0 Å². The molecule has 2 rings (SSSR count). The van der Waals surface area contributed by atoms with Crippen molar-refractivity contribution in [2.45, 2.75) is 32.3 Å². The van der Waals surface area contributed by atoms with Crippen LogP contribution >= 0.6 is 0 Å². The molecule has 1 aliphatic heterocycles. The van der Waals surface area contributed by atoms with Crippen molar-refractivity contribution in [3.63, 3.8) is 0 Å². The van der Waals surface area contributed by atoms with E-state index in [1.807, 2.05) is 13.0 Å². The van der Waals surface area contributed by atoms with Gasteiger partial charge in [-0.15, -0.1) is 0 Å². The molecule has 0 spiro atoms. The van der Waals surface area contributed by atoms with E-state index in [1.165, 1.54) is 12.8 Å². The van der Waals surface area contributed by atoms with Crippen LogP contribution in [0.3, 0.4) is 0 Å². The third-order valence-electron chi connectivity index (χ3n) is 3.03. The van der Waals surface area contributed by atoms with Crippen LogP contribution in [0.15, 0.2) is 12.3 Å². The Hall–Kier alpha value is -1.29. The Balaban J connectivity index is 1.86. The first-order valence-corrected chi connectivity index (χ1v) is 6.15. The highest BCUT2D eigenvalue weighted by atomic mass is 16.5. The number of nitrogens with one attached hydrogen (secondary N) is 1. The second kappa shape index (κ2) is 5.87. The lowest BCUT2D eigenvalue weighted by Gasteiger charge is -2.13. The maximum atomic E-state index is 5.59. The van der Waals surface area contributed by atoms with E-state index >= 15 is 0 Å². The third kappa shape index (κ3) is 3.33. The maximum absolute atomic E-state index is 5.59. The fraction of sp³-hybridized carbons (Fsp3) is 0.615. The molecule has 4 nitrogen and oxygen atoms in total. The van der Waals surface area contributed by atoms with E-state index in [9.17, 15) is 0 Å². The minimum atomic E-state index is 0.427. The lowest BCUT2D eigenvalue weighted by molar-refractivity contribution is 0.107. The second-order valence-electron chi connectivity index (χ2n) is 4.38. The van der Waals surface area contributed by atoms with Crippen LogP contribution in [0.25, 0.3) is 0 Å². The predicted octanol–water partition coefficient (Wildman–Crippen LogP) is 2.38. The SMILES string of the molecule is COc1cnc(C)cc1NCCC1CCCO1. The quantitative estimate of drug-likeness (QED) is 0.852. The lowest BCUT2D eigenvalue weighted by Crippen LogP contribution is -2.13. The normalized spacial score (nSPS) is 19.3. The molecule has 0 bridgehead atoms. The summed E-state index contributed by atoms with van der Waals surface area (Å²) in [4.78, 5) is 4.21. The molecule has 1 saturated heterocycles. The van der Waals surface area contributed by atoms with Crippen LogP contribution in [0, 0.1) is 6.92 Å². The molecule has 0 aliphatic carbocycles. The van der Waals surface area contributed by atoms with Crippen molar-refractivity contribution < 1.29 is 9.47 Å². The average molecular weight is 236 g/mol. The number of nitrogens with zero attached hydrogens (tertiary/aromatic N) is 1. The molecule has 1 aromatic rings. The van der Waals surface area contributed by atoms with Crippen LogP contribution in [-0.4, -0.2) is 31.3 Å². The van der Waals surface area contributed by atoms with Gasteiger partial charge in [0, 0.05) is 18.8 Å². The van der Waals surface area contributed by atoms with Gasteiger partial charge in [0.1, 0.15) is 0 Å². The van der Waals surface area contributed by atoms with Crippen molar-refractivity contribution in [3.8, 4) is 5.75 Å². The van der Waals surface area contributed by atoms with Crippen LogP contribution < -0.4 is 10.1 Å². The monoisotopic (exact) mass is 236 g/mol. The van der Waals surface area contributed by atoms with Gasteiger partial charge in [-0.05, 0) is 32.3 Å². The summed E-state index contributed by atoms with van der Waals surface area (Å²) in [5, 5.41) is 3.39. The summed E-state index contributed by atoms with van der Waals surface area (Å²) in [5.74, 6) is 0.794. The van der Waals surface area contributed by atoms with Crippen LogP contribution in [-0.2, 0) is 4.74 Å². The molecule has 1 atom stereocenters. The van der Waals surface area contributed by atoms with E-state index in [4.69, 9.17) is 9.47 Å². The Morgan fingerprint density at radius 2 is 2.47 bits per heavy atom. The summed E-state index contributed by atoms with van der Waals surface area (Å²) in [5.41, 5.74) is 2.00. The zero-order chi connectivity index (χ0) is 12.1. The van der Waals surface area contributed by atoms with Gasteiger partial charge in [0.25, 0.3) is 0 Å². The third-order valence-corrected chi connectivity index (χ3v) is 3.03. The largest absolute Gasteiger partial charge is 0.493 e. The van der Waals surface area contributed by atoms with Gasteiger partial charge in [0.05, 0.1) is 25.1 Å². The van der Waals surface area contributed by atoms with Gasteiger partial charge in [0.15, 0.2) is 5.75 Å². The number of methoxy groups -OCH3 is 1. The molecule has 1 aliphatic rings. The van der Waals surface area contributed by atoms with Gasteiger partial charge in [-0.2, -0.15) is 0 Å². The molecule has 2 heterocycles. The standard InChI is InChI=1S/C13H20N2O2/c1-10-8-12(13(16-2)9-15-10)14-6-5-11-4-3-7-17-11/h8-9,11H,3-7H2,1-2H3,(H,14,15). The number of aryl methyl sites for hydroxylation is 1. The zero-order valence-electron chi connectivity index (χ0n) is 10.5. The van der Waals surface area contributed by atoms with Gasteiger partial charge in [-0.25, -0.2) is 0 Å². The van der Waals surface area contributed by atoms with E-state index < -0.39 is 0 Å². The molecule has 4 heteroatoms. The fourth-order valence-corrected chi connectivity index (χ4v) is 2.09. The van der Waals surface area contributed by atoms with Crippen molar-refractivity contribution in [1.29, 1.82) is 0 Å². The number of hydrogen-bond acceptors (Lipinski definition) is 4. The highest BCUT2D eigenvalue weighted by Gasteiger charge is 2.14. The number of hydrogen-bond donors (Lipinski definition) is 1. The molecule has 94 valence electrons. The summed E-state index contributed by atoms with van der Waals surface area (Å²) in [6.45, 7) is 3.80. The fourth-order valence-electron chi connectivity index (χ4n) is 2.09. The number of anilines is 1. The van der Waals surface area contributed by atoms with Gasteiger partial charge in [-0.1, -0.05) is 0 Å². The average Bonchev–Trinajstić information content (AvgIpc) is 2.82. The molecule has 0 aromatic carbocycles. The molecule has 1 N–H and O–H groups in total. The highest BCUT2D eigenvalue weighted by Crippen LogP contribution is 2.24. The van der Waals surface area contributed by atoms with Crippen LogP contribution in [0.1, 0.15) is 25.0 Å². The summed E-state index contributed by atoms with van der Waals surface area (Å²) in [7, 11) is 1.66. The molecule has 0 saturated carbocycles. The predicted molar refractivity (Wildman–Crippen MR) is 67.6 cm³/mol. The molecule has 1 fully saturated rings. The summed E-state index contributed by atoms with van der Waals surface area (Å²) in [6, 6.07) is 2.01. The van der Waals surface area contributed by atoms with E-state index in [0.717, 1.165) is 36.7 Å². The van der Waals surface area contributed by atoms with E-state index in [2.05, 4.69) is 10.3 Å². The van der Waals surface area contributed by atoms with E-state index in [1.54, 1.807) is 13.3 Å². The van der Waals surface area contributed by atoms with E-state index in [0.29, 0.717) is 6.10 Å². The molecule has 17 heavy (non-hydrogen) atoms. The smallest absolute Gasteiger partial charge is 0.160 e. The van der Waals surface area contributed by atoms with Gasteiger partial charge >= 0.3 is 0 Å². The Morgan fingerprint density at radius 3 is 3.18 bits per heavy atom. The minimum absolute atomic E-state index is 0.427. The number of aromatic nitrogens is 1. The van der Waals surface area contributed by atoms with Gasteiger partial charge < -0.3 is 14.8 Å². The molecule has 0 amide bonds. The van der Waals surface area contributed by atoms with Crippen molar-refractivity contribution in [2.75, 3.05) is 25.6 Å². The Kier molecular flexibility index (Phi) is 4.20. The second-order valence-corrected chi connectivity index (χ2v) is 4.38. The van der Waals surface area contributed by atoms with Crippen LogP contribution in [0.5, 0.6) is 5.75 Å². The summed E-state index contributed by atoms with van der Waals surface area (Å²) in [6.07, 6.45) is 5.61. The van der Waals surface area contributed by atoms with Crippen LogP contribution in [0.4, 0.5) is 5.69 Å². The van der Waals surface area contributed by atoms with Crippen LogP contribution in [0.2, 0.25) is 0 Å². The molecule has 0 radical (unpaired) electrons. The molecule has 1 aromatic heterocycles. The number of rotatable bonds is 5. The van der Waals surface area contributed by atoms with E-state index in [-0.39, 0.29) is 0 Å². The van der Waals surface area contributed by atoms with Crippen molar-refractivity contribution >= 4 is 5.69 Å². The molecule has 1 unspecified atom stereocenters. The van der Waals surface area contributed by atoms with Gasteiger partial charge in [-0.3, -0.25) is 4.98 Å². The highest BCUT2D eigenvalue weighted by molar-refractivity contribution is 5.55. The summed E-state index contributed by atoms with van der Waals surface area (Å²) < 4.78 is 10.9. The van der Waals surface area contributed by atoms with Gasteiger partial charge in [0.2, 0.25) is 0 Å².